The quantitative estimate of drug-likeness (QED) is 0.442. The third kappa shape index (κ3) is 4.99. The third-order valence-electron chi connectivity index (χ3n) is 4.22. The predicted molar refractivity (Wildman–Crippen MR) is 102 cm³/mol. The Morgan fingerprint density at radius 2 is 2.23 bits per heavy atom. The zero-order chi connectivity index (χ0) is 18.4. The third-order valence-corrected chi connectivity index (χ3v) is 4.53. The molecule has 1 aromatic carbocycles. The lowest BCUT2D eigenvalue weighted by Crippen LogP contribution is -2.18. The van der Waals surface area contributed by atoms with Crippen LogP contribution in [0.3, 0.4) is 0 Å². The summed E-state index contributed by atoms with van der Waals surface area (Å²) in [4.78, 5) is 12.1. The van der Waals surface area contributed by atoms with Gasteiger partial charge >= 0.3 is 5.91 Å². The van der Waals surface area contributed by atoms with E-state index >= 15 is 0 Å². The largest absolute Gasteiger partial charge is 0.484 e. The summed E-state index contributed by atoms with van der Waals surface area (Å²) >= 11 is 6.04. The molecule has 1 N–H and O–H groups in total. The molecular formula is C20H21ClN2O3. The Kier molecular flexibility index (Phi) is 6.12. The summed E-state index contributed by atoms with van der Waals surface area (Å²) in [5.74, 6) is 1.28. The Balaban J connectivity index is 1.49. The van der Waals surface area contributed by atoms with Gasteiger partial charge in [0.15, 0.2) is 5.76 Å². The molecule has 26 heavy (non-hydrogen) atoms. The van der Waals surface area contributed by atoms with Gasteiger partial charge in [-0.25, -0.2) is 5.43 Å². The number of amides is 1. The molecule has 3 rings (SSSR count). The summed E-state index contributed by atoms with van der Waals surface area (Å²) in [6.45, 7) is 2.33. The Labute approximate surface area is 157 Å². The van der Waals surface area contributed by atoms with Crippen molar-refractivity contribution in [3.8, 4) is 5.75 Å². The minimum Gasteiger partial charge on any atom is -0.484 e. The van der Waals surface area contributed by atoms with Crippen molar-refractivity contribution >= 4 is 23.7 Å². The van der Waals surface area contributed by atoms with Gasteiger partial charge in [-0.05, 0) is 56.4 Å². The average molecular weight is 373 g/mol. The number of allylic oxidation sites excluding steroid dienone is 2. The molecule has 136 valence electrons. The number of nitrogens with zero attached hydrogens (tertiary/aromatic N) is 1. The molecule has 0 radical (unpaired) electrons. The van der Waals surface area contributed by atoms with E-state index in [1.165, 1.54) is 5.57 Å². The second kappa shape index (κ2) is 8.72. The number of nitrogens with one attached hydrogen (secondary N) is 1. The van der Waals surface area contributed by atoms with E-state index in [4.69, 9.17) is 20.8 Å². The van der Waals surface area contributed by atoms with Gasteiger partial charge in [0.25, 0.3) is 0 Å². The van der Waals surface area contributed by atoms with Gasteiger partial charge in [-0.2, -0.15) is 5.10 Å². The number of hydrogen-bond acceptors (Lipinski definition) is 4. The van der Waals surface area contributed by atoms with E-state index < -0.39 is 0 Å². The molecule has 0 spiro atoms. The minimum absolute atomic E-state index is 0.189. The highest BCUT2D eigenvalue weighted by Crippen LogP contribution is 2.24. The van der Waals surface area contributed by atoms with Crippen LogP contribution >= 0.6 is 11.6 Å². The van der Waals surface area contributed by atoms with Crippen LogP contribution in [0.4, 0.5) is 0 Å². The van der Waals surface area contributed by atoms with Crippen molar-refractivity contribution < 1.29 is 13.9 Å². The SMILES string of the molecule is CC1=CCC(/C=N/NC(=O)c2ccc(COc3ccccc3Cl)o2)CC1. The van der Waals surface area contributed by atoms with Crippen LogP contribution in [0.5, 0.6) is 5.75 Å². The number of carbonyl (C=O) groups is 1. The highest BCUT2D eigenvalue weighted by molar-refractivity contribution is 6.32. The minimum atomic E-state index is -0.382. The number of hydrazone groups is 1. The summed E-state index contributed by atoms with van der Waals surface area (Å²) in [6.07, 6.45) is 7.13. The Bertz CT molecular complexity index is 826. The number of rotatable bonds is 6. The van der Waals surface area contributed by atoms with Crippen molar-refractivity contribution in [1.82, 2.24) is 5.43 Å². The summed E-state index contributed by atoms with van der Waals surface area (Å²) in [5, 5.41) is 4.58. The van der Waals surface area contributed by atoms with Crippen LogP contribution in [0.1, 0.15) is 42.5 Å². The number of hydrogen-bond donors (Lipinski definition) is 1. The average Bonchev–Trinajstić information content (AvgIpc) is 3.12. The summed E-state index contributed by atoms with van der Waals surface area (Å²) in [6, 6.07) is 10.5. The lowest BCUT2D eigenvalue weighted by Gasteiger charge is -2.15. The highest BCUT2D eigenvalue weighted by Gasteiger charge is 2.13. The van der Waals surface area contributed by atoms with Crippen LogP contribution in [-0.2, 0) is 6.61 Å². The van der Waals surface area contributed by atoms with E-state index in [0.29, 0.717) is 22.5 Å². The molecule has 1 heterocycles. The molecule has 1 amide bonds. The summed E-state index contributed by atoms with van der Waals surface area (Å²) in [7, 11) is 0. The fourth-order valence-corrected chi connectivity index (χ4v) is 2.86. The lowest BCUT2D eigenvalue weighted by atomic mass is 9.91. The molecule has 1 aromatic heterocycles. The smallest absolute Gasteiger partial charge is 0.307 e. The molecule has 6 heteroatoms. The van der Waals surface area contributed by atoms with Crippen LogP contribution < -0.4 is 10.2 Å². The van der Waals surface area contributed by atoms with Crippen LogP contribution in [0.2, 0.25) is 5.02 Å². The van der Waals surface area contributed by atoms with Gasteiger partial charge in [-0.1, -0.05) is 35.4 Å². The maximum Gasteiger partial charge on any atom is 0.307 e. The Morgan fingerprint density at radius 1 is 1.38 bits per heavy atom. The number of carbonyl (C=O) groups excluding carboxylic acids is 1. The van der Waals surface area contributed by atoms with Gasteiger partial charge < -0.3 is 9.15 Å². The molecule has 1 aliphatic rings. The number of para-hydroxylation sites is 1. The number of ether oxygens (including phenoxy) is 1. The van der Waals surface area contributed by atoms with Gasteiger partial charge in [0.2, 0.25) is 0 Å². The first-order valence-corrected chi connectivity index (χ1v) is 8.95. The van der Waals surface area contributed by atoms with E-state index in [2.05, 4.69) is 23.5 Å². The number of furan rings is 1. The standard InChI is InChI=1S/C20H21ClN2O3/c1-14-6-8-15(9-7-14)12-22-23-20(24)19-11-10-16(26-19)13-25-18-5-3-2-4-17(18)21/h2-6,10-12,15H,7-9,13H2,1H3,(H,23,24)/b22-12+. The molecule has 1 unspecified atom stereocenters. The zero-order valence-electron chi connectivity index (χ0n) is 14.6. The topological polar surface area (TPSA) is 63.8 Å². The fourth-order valence-electron chi connectivity index (χ4n) is 2.67. The Hall–Kier alpha value is -2.53. The second-order valence-corrected chi connectivity index (χ2v) is 6.70. The molecule has 1 atom stereocenters. The van der Waals surface area contributed by atoms with Crippen molar-refractivity contribution in [3.05, 3.63) is 64.6 Å². The van der Waals surface area contributed by atoms with Gasteiger partial charge in [0.1, 0.15) is 18.1 Å². The van der Waals surface area contributed by atoms with E-state index in [1.54, 1.807) is 30.5 Å². The van der Waals surface area contributed by atoms with Gasteiger partial charge in [-0.15, -0.1) is 0 Å². The molecular weight excluding hydrogens is 352 g/mol. The molecule has 5 nitrogen and oxygen atoms in total. The first kappa shape index (κ1) is 18.3. The van der Waals surface area contributed by atoms with Crippen molar-refractivity contribution in [2.75, 3.05) is 0 Å². The molecule has 0 saturated carbocycles. The predicted octanol–water partition coefficient (Wildman–Crippen LogP) is 4.97. The van der Waals surface area contributed by atoms with Crippen molar-refractivity contribution in [3.63, 3.8) is 0 Å². The maximum absolute atomic E-state index is 12.1. The van der Waals surface area contributed by atoms with Gasteiger partial charge in [0.05, 0.1) is 5.02 Å². The zero-order valence-corrected chi connectivity index (χ0v) is 15.3. The van der Waals surface area contributed by atoms with Gasteiger partial charge in [0, 0.05) is 6.21 Å². The number of benzene rings is 1. The van der Waals surface area contributed by atoms with Crippen LogP contribution in [0.25, 0.3) is 0 Å². The number of halogens is 1. The monoisotopic (exact) mass is 372 g/mol. The maximum atomic E-state index is 12.1. The Morgan fingerprint density at radius 3 is 3.00 bits per heavy atom. The molecule has 1 aliphatic carbocycles. The highest BCUT2D eigenvalue weighted by atomic mass is 35.5. The van der Waals surface area contributed by atoms with E-state index in [9.17, 15) is 4.79 Å². The van der Waals surface area contributed by atoms with Crippen LogP contribution in [-0.4, -0.2) is 12.1 Å². The van der Waals surface area contributed by atoms with Crippen molar-refractivity contribution in [2.45, 2.75) is 32.8 Å². The first-order chi connectivity index (χ1) is 12.6. The van der Waals surface area contributed by atoms with Crippen LogP contribution in [0.15, 0.2) is 57.6 Å². The van der Waals surface area contributed by atoms with Gasteiger partial charge in [-0.3, -0.25) is 4.79 Å². The molecule has 0 saturated heterocycles. The molecule has 0 aliphatic heterocycles. The second-order valence-electron chi connectivity index (χ2n) is 6.29. The molecule has 0 fully saturated rings. The summed E-state index contributed by atoms with van der Waals surface area (Å²) < 4.78 is 11.1. The van der Waals surface area contributed by atoms with E-state index in [0.717, 1.165) is 19.3 Å². The van der Waals surface area contributed by atoms with E-state index in [-0.39, 0.29) is 18.3 Å². The molecule has 0 bridgehead atoms. The first-order valence-electron chi connectivity index (χ1n) is 8.57. The van der Waals surface area contributed by atoms with Crippen molar-refractivity contribution in [2.24, 2.45) is 11.0 Å². The molecule has 2 aromatic rings. The normalized spacial score (nSPS) is 17.2. The van der Waals surface area contributed by atoms with Crippen molar-refractivity contribution in [1.29, 1.82) is 0 Å². The lowest BCUT2D eigenvalue weighted by molar-refractivity contribution is 0.0923. The fraction of sp³-hybridized carbons (Fsp3) is 0.300. The van der Waals surface area contributed by atoms with Crippen LogP contribution in [0, 0.1) is 5.92 Å². The van der Waals surface area contributed by atoms with E-state index in [1.807, 2.05) is 12.1 Å². The summed E-state index contributed by atoms with van der Waals surface area (Å²) in [5.41, 5.74) is 3.93.